The van der Waals surface area contributed by atoms with E-state index < -0.39 is 0 Å². The van der Waals surface area contributed by atoms with Gasteiger partial charge in [-0.3, -0.25) is 9.78 Å². The van der Waals surface area contributed by atoms with Crippen LogP contribution in [0.3, 0.4) is 0 Å². The summed E-state index contributed by atoms with van der Waals surface area (Å²) in [6.07, 6.45) is 2.64. The maximum absolute atomic E-state index is 13.2. The van der Waals surface area contributed by atoms with Crippen molar-refractivity contribution in [3.8, 4) is 16.9 Å². The van der Waals surface area contributed by atoms with E-state index in [0.29, 0.717) is 18.7 Å². The van der Waals surface area contributed by atoms with E-state index in [1.54, 1.807) is 12.1 Å². The van der Waals surface area contributed by atoms with E-state index >= 15 is 0 Å². The molecule has 0 saturated carbocycles. The average molecular weight is 549 g/mol. The van der Waals surface area contributed by atoms with Crippen molar-refractivity contribution in [2.45, 2.75) is 73.0 Å². The molecule has 0 bridgehead atoms. The first kappa shape index (κ1) is 29.5. The number of anilines is 1. The minimum Gasteiger partial charge on any atom is -0.493 e. The quantitative estimate of drug-likeness (QED) is 0.295. The highest BCUT2D eigenvalue weighted by molar-refractivity contribution is 5.87. The van der Waals surface area contributed by atoms with Crippen molar-refractivity contribution < 1.29 is 23.8 Å². The summed E-state index contributed by atoms with van der Waals surface area (Å²) in [5, 5.41) is 10.4. The van der Waals surface area contributed by atoms with Crippen molar-refractivity contribution in [1.82, 2.24) is 4.98 Å². The topological polar surface area (TPSA) is 71.9 Å². The Balaban J connectivity index is 1.66. The highest BCUT2D eigenvalue weighted by atomic mass is 19.1. The van der Waals surface area contributed by atoms with Gasteiger partial charge in [-0.25, -0.2) is 4.39 Å². The zero-order valence-corrected chi connectivity index (χ0v) is 24.3. The van der Waals surface area contributed by atoms with Crippen molar-refractivity contribution in [3.63, 3.8) is 0 Å². The summed E-state index contributed by atoms with van der Waals surface area (Å²) in [7, 11) is 0. The lowest BCUT2D eigenvalue weighted by molar-refractivity contribution is -0.146. The standard InChI is InChI=1S/C33H41FN2O4/c1-22(2)40-30(38)20-28-23(3)35-29(21-37)31(32(28)36-17-15-33(4,5)16-18-36)25-8-12-27(13-9-25)39-19-14-24-6-10-26(34)11-7-24/h6-13,22,37H,14-21H2,1-5H3. The first-order valence-corrected chi connectivity index (χ1v) is 14.1. The molecule has 1 N–H and O–H groups in total. The number of nitrogens with zero attached hydrogens (tertiary/aromatic N) is 2. The molecular weight excluding hydrogens is 507 g/mol. The number of carbonyl (C=O) groups is 1. The molecule has 214 valence electrons. The SMILES string of the molecule is Cc1nc(CO)c(-c2ccc(OCCc3ccc(F)cc3)cc2)c(N2CCC(C)(C)CC2)c1CC(=O)OC(C)C. The molecule has 1 aliphatic heterocycles. The molecule has 2 aromatic carbocycles. The minimum atomic E-state index is -0.286. The number of aromatic nitrogens is 1. The summed E-state index contributed by atoms with van der Waals surface area (Å²) in [5.41, 5.74) is 6.13. The van der Waals surface area contributed by atoms with Gasteiger partial charge in [0.15, 0.2) is 0 Å². The van der Waals surface area contributed by atoms with E-state index in [9.17, 15) is 14.3 Å². The van der Waals surface area contributed by atoms with Crippen molar-refractivity contribution in [2.24, 2.45) is 5.41 Å². The zero-order chi connectivity index (χ0) is 28.9. The normalized spacial score (nSPS) is 14.8. The smallest absolute Gasteiger partial charge is 0.310 e. The summed E-state index contributed by atoms with van der Waals surface area (Å²) in [6.45, 7) is 12.1. The van der Waals surface area contributed by atoms with Gasteiger partial charge in [0.05, 0.1) is 37.1 Å². The first-order valence-electron chi connectivity index (χ1n) is 14.1. The van der Waals surface area contributed by atoms with E-state index in [4.69, 9.17) is 14.5 Å². The van der Waals surface area contributed by atoms with Crippen LogP contribution in [0, 0.1) is 18.2 Å². The van der Waals surface area contributed by atoms with Crippen LogP contribution >= 0.6 is 0 Å². The molecule has 0 amide bonds. The van der Waals surface area contributed by atoms with Crippen LogP contribution in [0.5, 0.6) is 5.75 Å². The Morgan fingerprint density at radius 3 is 2.33 bits per heavy atom. The molecule has 2 heterocycles. The number of hydrogen-bond acceptors (Lipinski definition) is 6. The van der Waals surface area contributed by atoms with Crippen LogP contribution in [0.2, 0.25) is 0 Å². The van der Waals surface area contributed by atoms with Gasteiger partial charge in [0.25, 0.3) is 0 Å². The van der Waals surface area contributed by atoms with Crippen molar-refractivity contribution >= 4 is 11.7 Å². The Bertz CT molecular complexity index is 1290. The number of hydrogen-bond donors (Lipinski definition) is 1. The fourth-order valence-electron chi connectivity index (χ4n) is 5.20. The van der Waals surface area contributed by atoms with Crippen molar-refractivity contribution in [2.75, 3.05) is 24.6 Å². The van der Waals surface area contributed by atoms with Crippen molar-refractivity contribution in [1.29, 1.82) is 0 Å². The Kier molecular flexibility index (Phi) is 9.46. The molecule has 7 heteroatoms. The third-order valence-corrected chi connectivity index (χ3v) is 7.54. The predicted octanol–water partition coefficient (Wildman–Crippen LogP) is 6.43. The number of ether oxygens (including phenoxy) is 2. The maximum Gasteiger partial charge on any atom is 0.310 e. The lowest BCUT2D eigenvalue weighted by Gasteiger charge is -2.40. The summed E-state index contributed by atoms with van der Waals surface area (Å²) >= 11 is 0. The Hall–Kier alpha value is -3.45. The number of halogens is 1. The second-order valence-electron chi connectivity index (χ2n) is 11.6. The molecule has 3 aromatic rings. The van der Waals surface area contributed by atoms with Gasteiger partial charge in [-0.2, -0.15) is 0 Å². The largest absolute Gasteiger partial charge is 0.493 e. The maximum atomic E-state index is 13.2. The van der Waals surface area contributed by atoms with Crippen LogP contribution in [0.25, 0.3) is 11.1 Å². The number of aliphatic hydroxyl groups excluding tert-OH is 1. The van der Waals surface area contributed by atoms with E-state index in [0.717, 1.165) is 65.3 Å². The molecule has 6 nitrogen and oxygen atoms in total. The number of pyridine rings is 1. The molecule has 40 heavy (non-hydrogen) atoms. The Labute approximate surface area is 237 Å². The minimum absolute atomic E-state index is 0.121. The van der Waals surface area contributed by atoms with Gasteiger partial charge in [-0.05, 0) is 74.4 Å². The summed E-state index contributed by atoms with van der Waals surface area (Å²) < 4.78 is 24.6. The molecule has 1 fully saturated rings. The number of piperidine rings is 1. The number of esters is 1. The second kappa shape index (κ2) is 12.8. The molecule has 0 spiro atoms. The van der Waals surface area contributed by atoms with Gasteiger partial charge >= 0.3 is 5.97 Å². The molecule has 0 unspecified atom stereocenters. The fourth-order valence-corrected chi connectivity index (χ4v) is 5.20. The van der Waals surface area contributed by atoms with Crippen LogP contribution < -0.4 is 9.64 Å². The van der Waals surface area contributed by atoms with E-state index in [1.165, 1.54) is 12.1 Å². The molecule has 1 aromatic heterocycles. The molecule has 1 aliphatic rings. The highest BCUT2D eigenvalue weighted by Gasteiger charge is 2.31. The molecule has 4 rings (SSSR count). The number of benzene rings is 2. The lowest BCUT2D eigenvalue weighted by Crippen LogP contribution is -2.38. The third-order valence-electron chi connectivity index (χ3n) is 7.54. The molecule has 1 saturated heterocycles. The monoisotopic (exact) mass is 548 g/mol. The molecular formula is C33H41FN2O4. The molecule has 0 atom stereocenters. The highest BCUT2D eigenvalue weighted by Crippen LogP contribution is 2.42. The zero-order valence-electron chi connectivity index (χ0n) is 24.3. The fraction of sp³-hybridized carbons (Fsp3) is 0.455. The Morgan fingerprint density at radius 2 is 1.73 bits per heavy atom. The third kappa shape index (κ3) is 7.39. The number of aliphatic hydroxyl groups is 1. The molecule has 0 radical (unpaired) electrons. The lowest BCUT2D eigenvalue weighted by atomic mass is 9.82. The van der Waals surface area contributed by atoms with Gasteiger partial charge in [0.1, 0.15) is 11.6 Å². The van der Waals surface area contributed by atoms with E-state index in [2.05, 4.69) is 18.7 Å². The average Bonchev–Trinajstić information content (AvgIpc) is 2.91. The van der Waals surface area contributed by atoms with Gasteiger partial charge in [-0.15, -0.1) is 0 Å². The van der Waals surface area contributed by atoms with E-state index in [-0.39, 0.29) is 36.3 Å². The number of rotatable bonds is 10. The van der Waals surface area contributed by atoms with E-state index in [1.807, 2.05) is 45.0 Å². The van der Waals surface area contributed by atoms with Crippen LogP contribution in [0.1, 0.15) is 63.1 Å². The van der Waals surface area contributed by atoms with Gasteiger partial charge in [-0.1, -0.05) is 38.1 Å². The predicted molar refractivity (Wildman–Crippen MR) is 156 cm³/mol. The molecule has 0 aliphatic carbocycles. The van der Waals surface area contributed by atoms with Crippen LogP contribution in [-0.2, 0) is 29.0 Å². The second-order valence-corrected chi connectivity index (χ2v) is 11.6. The van der Waals surface area contributed by atoms with Crippen LogP contribution in [0.4, 0.5) is 10.1 Å². The van der Waals surface area contributed by atoms with Gasteiger partial charge < -0.3 is 19.5 Å². The number of aryl methyl sites for hydroxylation is 1. The van der Waals surface area contributed by atoms with Gasteiger partial charge in [0, 0.05) is 36.3 Å². The Morgan fingerprint density at radius 1 is 1.07 bits per heavy atom. The van der Waals surface area contributed by atoms with Crippen LogP contribution in [-0.4, -0.2) is 41.9 Å². The summed E-state index contributed by atoms with van der Waals surface area (Å²) in [4.78, 5) is 19.9. The summed E-state index contributed by atoms with van der Waals surface area (Å²) in [5.74, 6) is 0.185. The summed E-state index contributed by atoms with van der Waals surface area (Å²) in [6, 6.07) is 14.2. The van der Waals surface area contributed by atoms with Crippen LogP contribution in [0.15, 0.2) is 48.5 Å². The van der Waals surface area contributed by atoms with Crippen molar-refractivity contribution in [3.05, 3.63) is 76.9 Å². The number of carbonyl (C=O) groups excluding carboxylic acids is 1. The van der Waals surface area contributed by atoms with Gasteiger partial charge in [0.2, 0.25) is 0 Å². The first-order chi connectivity index (χ1) is 19.1.